The van der Waals surface area contributed by atoms with E-state index in [4.69, 9.17) is 9.05 Å². The first kappa shape index (κ1) is 47.7. The lowest BCUT2D eigenvalue weighted by Crippen LogP contribution is -2.45. The molecule has 0 rings (SSSR count). The van der Waals surface area contributed by atoms with Gasteiger partial charge in [0.05, 0.1) is 39.9 Å². The second-order valence-corrected chi connectivity index (χ2v) is 16.1. The summed E-state index contributed by atoms with van der Waals surface area (Å²) in [5.41, 5.74) is 0. The highest BCUT2D eigenvalue weighted by atomic mass is 31.2. The van der Waals surface area contributed by atoms with E-state index in [-0.39, 0.29) is 19.1 Å². The van der Waals surface area contributed by atoms with E-state index in [0.717, 1.165) is 51.4 Å². The Hall–Kier alpha value is -1.28. The maximum Gasteiger partial charge on any atom is 0.472 e. The lowest BCUT2D eigenvalue weighted by atomic mass is 10.1. The Labute approximate surface area is 302 Å². The molecule has 0 saturated carbocycles. The number of phosphoric acid groups is 1. The van der Waals surface area contributed by atoms with Crippen molar-refractivity contribution < 1.29 is 32.9 Å². The van der Waals surface area contributed by atoms with Crippen LogP contribution in [-0.2, 0) is 18.4 Å². The molecular formula is C40H78N2O6P+. The number of allylic oxidation sites excluding steroid dienone is 5. The minimum atomic E-state index is -4.34. The van der Waals surface area contributed by atoms with Crippen molar-refractivity contribution >= 4 is 13.7 Å². The molecule has 49 heavy (non-hydrogen) atoms. The minimum Gasteiger partial charge on any atom is -0.387 e. The van der Waals surface area contributed by atoms with Gasteiger partial charge in [-0.2, -0.15) is 0 Å². The van der Waals surface area contributed by atoms with Gasteiger partial charge in [-0.05, 0) is 57.8 Å². The third-order valence-corrected chi connectivity index (χ3v) is 9.57. The topological polar surface area (TPSA) is 105 Å². The number of aliphatic hydroxyl groups excluding tert-OH is 1. The molecule has 0 aromatic carbocycles. The number of carbonyl (C=O) groups is 1. The quantitative estimate of drug-likeness (QED) is 0.0261. The molecule has 0 aromatic heterocycles. The molecule has 3 atom stereocenters. The number of hydrogen-bond donors (Lipinski definition) is 3. The Kier molecular flexibility index (Phi) is 31.8. The second-order valence-electron chi connectivity index (χ2n) is 14.6. The highest BCUT2D eigenvalue weighted by molar-refractivity contribution is 7.47. The molecule has 0 fully saturated rings. The van der Waals surface area contributed by atoms with Crippen molar-refractivity contribution in [3.8, 4) is 0 Å². The van der Waals surface area contributed by atoms with Crippen molar-refractivity contribution in [3.05, 3.63) is 36.5 Å². The van der Waals surface area contributed by atoms with Crippen molar-refractivity contribution in [3.63, 3.8) is 0 Å². The van der Waals surface area contributed by atoms with Crippen LogP contribution in [0.2, 0.25) is 0 Å². The number of rotatable bonds is 35. The Morgan fingerprint density at radius 1 is 0.673 bits per heavy atom. The lowest BCUT2D eigenvalue weighted by molar-refractivity contribution is -0.870. The molecule has 288 valence electrons. The normalized spacial score (nSPS) is 15.0. The number of quaternary nitrogens is 1. The zero-order valence-corrected chi connectivity index (χ0v) is 33.3. The summed E-state index contributed by atoms with van der Waals surface area (Å²) < 4.78 is 23.4. The highest BCUT2D eigenvalue weighted by Crippen LogP contribution is 2.43. The van der Waals surface area contributed by atoms with E-state index in [1.807, 2.05) is 27.2 Å². The van der Waals surface area contributed by atoms with Crippen LogP contribution in [0.15, 0.2) is 36.5 Å². The summed E-state index contributed by atoms with van der Waals surface area (Å²) in [5, 5.41) is 13.7. The van der Waals surface area contributed by atoms with Gasteiger partial charge in [-0.1, -0.05) is 134 Å². The number of carbonyl (C=O) groups excluding carboxylic acids is 1. The van der Waals surface area contributed by atoms with Crippen molar-refractivity contribution in [2.45, 2.75) is 174 Å². The number of likely N-dealkylation sites (N-methyl/N-ethyl adjacent to an activating group) is 1. The van der Waals surface area contributed by atoms with Crippen molar-refractivity contribution in [2.75, 3.05) is 40.9 Å². The summed E-state index contributed by atoms with van der Waals surface area (Å²) in [6.45, 7) is 4.74. The predicted octanol–water partition coefficient (Wildman–Crippen LogP) is 10.4. The van der Waals surface area contributed by atoms with Gasteiger partial charge in [0.15, 0.2) is 0 Å². The summed E-state index contributed by atoms with van der Waals surface area (Å²) in [6, 6.07) is -0.863. The average molecular weight is 714 g/mol. The zero-order valence-electron chi connectivity index (χ0n) is 32.4. The molecule has 0 heterocycles. The van der Waals surface area contributed by atoms with Crippen LogP contribution < -0.4 is 5.32 Å². The van der Waals surface area contributed by atoms with Crippen LogP contribution in [0.3, 0.4) is 0 Å². The van der Waals surface area contributed by atoms with E-state index < -0.39 is 20.0 Å². The van der Waals surface area contributed by atoms with E-state index in [2.05, 4.69) is 43.5 Å². The number of amides is 1. The molecule has 0 aromatic rings. The van der Waals surface area contributed by atoms with Gasteiger partial charge >= 0.3 is 7.82 Å². The smallest absolute Gasteiger partial charge is 0.387 e. The fourth-order valence-electron chi connectivity index (χ4n) is 5.34. The van der Waals surface area contributed by atoms with E-state index >= 15 is 0 Å². The fraction of sp³-hybridized carbons (Fsp3) is 0.825. The SMILES string of the molecule is CCCCCCC/C=C/CCCCCCCC(=O)N[C@@H](COP(=O)(O)OCC[N+](C)(C)C)[C@H](O)/C=C/CC/C=C/CCCCCCCCC. The number of phosphoric ester groups is 1. The van der Waals surface area contributed by atoms with Crippen molar-refractivity contribution in [1.82, 2.24) is 5.32 Å². The largest absolute Gasteiger partial charge is 0.472 e. The number of nitrogens with zero attached hydrogens (tertiary/aromatic N) is 1. The summed E-state index contributed by atoms with van der Waals surface area (Å²) >= 11 is 0. The lowest BCUT2D eigenvalue weighted by Gasteiger charge is -2.25. The van der Waals surface area contributed by atoms with Crippen LogP contribution in [-0.4, -0.2) is 73.4 Å². The van der Waals surface area contributed by atoms with Gasteiger partial charge in [-0.15, -0.1) is 0 Å². The molecule has 1 amide bonds. The maximum absolute atomic E-state index is 12.8. The predicted molar refractivity (Wildman–Crippen MR) is 208 cm³/mol. The Morgan fingerprint density at radius 3 is 1.63 bits per heavy atom. The Bertz CT molecular complexity index is 902. The first-order valence-electron chi connectivity index (χ1n) is 19.9. The van der Waals surface area contributed by atoms with Crippen LogP contribution in [0.5, 0.6) is 0 Å². The minimum absolute atomic E-state index is 0.0542. The zero-order chi connectivity index (χ0) is 36.5. The second kappa shape index (κ2) is 32.6. The van der Waals surface area contributed by atoms with Crippen LogP contribution in [0.4, 0.5) is 0 Å². The summed E-state index contributed by atoms with van der Waals surface area (Å²) in [4.78, 5) is 23.0. The monoisotopic (exact) mass is 714 g/mol. The van der Waals surface area contributed by atoms with Gasteiger partial charge in [-0.25, -0.2) is 4.57 Å². The molecule has 0 radical (unpaired) electrons. The molecule has 0 aliphatic carbocycles. The standard InChI is InChI=1S/C40H77N2O6P/c1-6-8-10-12-14-16-18-20-22-24-26-28-30-32-34-40(44)41-38(37-48-49(45,46)47-36-35-42(3,4)5)39(43)33-31-29-27-25-23-21-19-17-15-13-11-9-7-2/h18,20,23,25,31,33,38-39,43H,6-17,19,21-22,24,26-30,32,34-37H2,1-5H3,(H-,41,44,45,46)/p+1/b20-18+,25-23+,33-31+/t38-,39+/m0/s1. The van der Waals surface area contributed by atoms with Gasteiger partial charge < -0.3 is 19.8 Å². The average Bonchev–Trinajstić information content (AvgIpc) is 3.04. The Balaban J connectivity index is 4.59. The van der Waals surface area contributed by atoms with E-state index in [9.17, 15) is 19.4 Å². The van der Waals surface area contributed by atoms with Gasteiger partial charge in [0, 0.05) is 6.42 Å². The molecule has 0 spiro atoms. The first-order valence-corrected chi connectivity index (χ1v) is 21.4. The maximum atomic E-state index is 12.8. The number of aliphatic hydroxyl groups is 1. The third kappa shape index (κ3) is 34.9. The molecule has 0 bridgehead atoms. The van der Waals surface area contributed by atoms with Crippen LogP contribution in [0.25, 0.3) is 0 Å². The van der Waals surface area contributed by atoms with E-state index in [0.29, 0.717) is 17.4 Å². The van der Waals surface area contributed by atoms with Gasteiger partial charge in [0.25, 0.3) is 0 Å². The van der Waals surface area contributed by atoms with Crippen LogP contribution in [0, 0.1) is 0 Å². The van der Waals surface area contributed by atoms with Gasteiger partial charge in [0.1, 0.15) is 13.2 Å². The van der Waals surface area contributed by atoms with Gasteiger partial charge in [-0.3, -0.25) is 13.8 Å². The first-order chi connectivity index (χ1) is 23.5. The van der Waals surface area contributed by atoms with Crippen molar-refractivity contribution in [2.24, 2.45) is 0 Å². The van der Waals surface area contributed by atoms with E-state index in [1.54, 1.807) is 6.08 Å². The molecule has 0 saturated heterocycles. The third-order valence-electron chi connectivity index (χ3n) is 8.58. The van der Waals surface area contributed by atoms with Crippen LogP contribution in [0.1, 0.15) is 162 Å². The van der Waals surface area contributed by atoms with E-state index in [1.165, 1.54) is 89.9 Å². The highest BCUT2D eigenvalue weighted by Gasteiger charge is 2.27. The number of nitrogens with one attached hydrogen (secondary N) is 1. The Morgan fingerprint density at radius 2 is 1.12 bits per heavy atom. The van der Waals surface area contributed by atoms with Crippen molar-refractivity contribution in [1.29, 1.82) is 0 Å². The number of hydrogen-bond acceptors (Lipinski definition) is 5. The molecule has 1 unspecified atom stereocenters. The number of unbranched alkanes of at least 4 members (excludes halogenated alkanes) is 18. The van der Waals surface area contributed by atoms with Crippen LogP contribution >= 0.6 is 7.82 Å². The molecule has 0 aliphatic heterocycles. The summed E-state index contributed by atoms with van der Waals surface area (Å²) in [5.74, 6) is -0.199. The summed E-state index contributed by atoms with van der Waals surface area (Å²) in [6.07, 6.45) is 37.8. The molecule has 9 heteroatoms. The molecule has 3 N–H and O–H groups in total. The summed E-state index contributed by atoms with van der Waals surface area (Å²) in [7, 11) is 1.54. The molecule has 8 nitrogen and oxygen atoms in total. The molecule has 0 aliphatic rings. The van der Waals surface area contributed by atoms with Gasteiger partial charge in [0.2, 0.25) is 5.91 Å². The molecular weight excluding hydrogens is 635 g/mol. The fourth-order valence-corrected chi connectivity index (χ4v) is 6.08.